The van der Waals surface area contributed by atoms with Gasteiger partial charge in [0.25, 0.3) is 0 Å². The SMILES string of the molecule is CC(C)(C)Cn1nnc2cc(Oc3ncccc3C(F)(F)F)ccc21. The maximum atomic E-state index is 13.0. The van der Waals surface area contributed by atoms with Crippen LogP contribution in [-0.2, 0) is 12.7 Å². The minimum absolute atomic E-state index is 0.0192. The molecule has 3 rings (SSSR count). The van der Waals surface area contributed by atoms with Crippen LogP contribution in [0, 0.1) is 5.41 Å². The first-order valence-corrected chi connectivity index (χ1v) is 7.67. The number of fused-ring (bicyclic) bond motifs is 1. The van der Waals surface area contributed by atoms with Crippen LogP contribution in [0.2, 0.25) is 0 Å². The van der Waals surface area contributed by atoms with Crippen molar-refractivity contribution in [2.45, 2.75) is 33.5 Å². The quantitative estimate of drug-likeness (QED) is 0.688. The number of aromatic nitrogens is 4. The Bertz CT molecular complexity index is 897. The third-order valence-electron chi connectivity index (χ3n) is 3.40. The van der Waals surface area contributed by atoms with Crippen molar-refractivity contribution in [2.75, 3.05) is 0 Å². The number of hydrogen-bond acceptors (Lipinski definition) is 4. The fourth-order valence-electron chi connectivity index (χ4n) is 2.38. The summed E-state index contributed by atoms with van der Waals surface area (Å²) in [7, 11) is 0. The lowest BCUT2D eigenvalue weighted by atomic mass is 9.97. The molecule has 0 aliphatic carbocycles. The highest BCUT2D eigenvalue weighted by atomic mass is 19.4. The first kappa shape index (κ1) is 17.2. The third-order valence-corrected chi connectivity index (χ3v) is 3.40. The van der Waals surface area contributed by atoms with E-state index in [9.17, 15) is 13.2 Å². The average molecular weight is 350 g/mol. The summed E-state index contributed by atoms with van der Waals surface area (Å²) >= 11 is 0. The van der Waals surface area contributed by atoms with Crippen molar-refractivity contribution in [1.82, 2.24) is 20.0 Å². The molecule has 0 spiro atoms. The minimum atomic E-state index is -4.54. The second kappa shape index (κ2) is 6.02. The summed E-state index contributed by atoms with van der Waals surface area (Å²) in [6.07, 6.45) is -3.29. The lowest BCUT2D eigenvalue weighted by molar-refractivity contribution is -0.138. The first-order chi connectivity index (χ1) is 11.6. The molecule has 5 nitrogen and oxygen atoms in total. The van der Waals surface area contributed by atoms with Gasteiger partial charge in [0, 0.05) is 18.8 Å². The normalized spacial score (nSPS) is 12.6. The predicted octanol–water partition coefficient (Wildman–Crippen LogP) is 4.68. The molecule has 8 heteroatoms. The second-order valence-corrected chi connectivity index (χ2v) is 6.91. The fourth-order valence-corrected chi connectivity index (χ4v) is 2.38. The molecule has 0 saturated carbocycles. The Morgan fingerprint density at radius 1 is 1.12 bits per heavy atom. The number of pyridine rings is 1. The molecular formula is C17H17F3N4O. The van der Waals surface area contributed by atoms with E-state index >= 15 is 0 Å². The van der Waals surface area contributed by atoms with Gasteiger partial charge in [0.2, 0.25) is 5.88 Å². The maximum absolute atomic E-state index is 13.0. The summed E-state index contributed by atoms with van der Waals surface area (Å²) in [5.74, 6) is -0.268. The molecule has 0 fully saturated rings. The van der Waals surface area contributed by atoms with E-state index in [0.29, 0.717) is 12.1 Å². The van der Waals surface area contributed by atoms with Gasteiger partial charge < -0.3 is 4.74 Å². The molecule has 0 unspecified atom stereocenters. The van der Waals surface area contributed by atoms with Crippen molar-refractivity contribution in [3.05, 3.63) is 42.1 Å². The Labute approximate surface area is 142 Å². The van der Waals surface area contributed by atoms with Crippen molar-refractivity contribution >= 4 is 11.0 Å². The standard InChI is InChI=1S/C17H17F3N4O/c1-16(2,3)10-24-14-7-6-11(9-13(14)22-23-24)25-15-12(17(18,19)20)5-4-8-21-15/h4-9H,10H2,1-3H3. The molecule has 2 heterocycles. The lowest BCUT2D eigenvalue weighted by Crippen LogP contribution is -2.16. The summed E-state index contributed by atoms with van der Waals surface area (Å²) in [6.45, 7) is 6.91. The van der Waals surface area contributed by atoms with Crippen LogP contribution in [0.1, 0.15) is 26.3 Å². The third kappa shape index (κ3) is 3.89. The van der Waals surface area contributed by atoms with Crippen LogP contribution in [0.15, 0.2) is 36.5 Å². The van der Waals surface area contributed by atoms with E-state index < -0.39 is 17.6 Å². The minimum Gasteiger partial charge on any atom is -0.438 e. The van der Waals surface area contributed by atoms with Crippen LogP contribution in [0.4, 0.5) is 13.2 Å². The smallest absolute Gasteiger partial charge is 0.421 e. The number of ether oxygens (including phenoxy) is 1. The molecule has 0 aliphatic heterocycles. The van der Waals surface area contributed by atoms with Gasteiger partial charge in [-0.25, -0.2) is 9.67 Å². The van der Waals surface area contributed by atoms with E-state index in [1.165, 1.54) is 12.3 Å². The maximum Gasteiger partial charge on any atom is 0.421 e. The van der Waals surface area contributed by atoms with Gasteiger partial charge in [0.05, 0.1) is 5.52 Å². The number of alkyl halides is 3. The molecule has 25 heavy (non-hydrogen) atoms. The van der Waals surface area contributed by atoms with Gasteiger partial charge in [-0.2, -0.15) is 13.2 Å². The van der Waals surface area contributed by atoms with Crippen LogP contribution in [0.5, 0.6) is 11.6 Å². The highest BCUT2D eigenvalue weighted by Crippen LogP contribution is 2.36. The Balaban J connectivity index is 1.92. The number of rotatable bonds is 3. The second-order valence-electron chi connectivity index (χ2n) is 6.91. The number of nitrogens with zero attached hydrogens (tertiary/aromatic N) is 4. The average Bonchev–Trinajstić information content (AvgIpc) is 2.87. The number of halogens is 3. The van der Waals surface area contributed by atoms with Crippen LogP contribution in [0.25, 0.3) is 11.0 Å². The fraction of sp³-hybridized carbons (Fsp3) is 0.353. The molecule has 0 radical (unpaired) electrons. The van der Waals surface area contributed by atoms with Gasteiger partial charge in [-0.15, -0.1) is 5.10 Å². The molecule has 0 saturated heterocycles. The Morgan fingerprint density at radius 3 is 2.56 bits per heavy atom. The summed E-state index contributed by atoms with van der Waals surface area (Å²) in [4.78, 5) is 3.69. The number of hydrogen-bond donors (Lipinski definition) is 0. The Kier molecular flexibility index (Phi) is 4.14. The van der Waals surface area contributed by atoms with E-state index in [4.69, 9.17) is 4.74 Å². The molecule has 1 aromatic carbocycles. The van der Waals surface area contributed by atoms with Gasteiger partial charge in [-0.3, -0.25) is 0 Å². The highest BCUT2D eigenvalue weighted by Gasteiger charge is 2.35. The van der Waals surface area contributed by atoms with Crippen LogP contribution < -0.4 is 4.74 Å². The predicted molar refractivity (Wildman–Crippen MR) is 86.3 cm³/mol. The zero-order valence-electron chi connectivity index (χ0n) is 14.0. The van der Waals surface area contributed by atoms with Crippen molar-refractivity contribution in [3.63, 3.8) is 0 Å². The molecule has 0 amide bonds. The van der Waals surface area contributed by atoms with Crippen molar-refractivity contribution in [1.29, 1.82) is 0 Å². The molecular weight excluding hydrogens is 333 g/mol. The highest BCUT2D eigenvalue weighted by molar-refractivity contribution is 5.76. The Morgan fingerprint density at radius 2 is 1.88 bits per heavy atom. The van der Waals surface area contributed by atoms with Gasteiger partial charge in [-0.05, 0) is 29.7 Å². The molecule has 0 atom stereocenters. The molecule has 0 N–H and O–H groups in total. The van der Waals surface area contributed by atoms with E-state index in [2.05, 4.69) is 36.1 Å². The van der Waals surface area contributed by atoms with E-state index in [1.54, 1.807) is 22.9 Å². The first-order valence-electron chi connectivity index (χ1n) is 7.67. The molecule has 0 aliphatic rings. The largest absolute Gasteiger partial charge is 0.438 e. The summed E-state index contributed by atoms with van der Waals surface area (Å²) in [5, 5.41) is 8.17. The van der Waals surface area contributed by atoms with Gasteiger partial charge in [0.15, 0.2) is 0 Å². The molecule has 132 valence electrons. The lowest BCUT2D eigenvalue weighted by Gasteiger charge is -2.17. The van der Waals surface area contributed by atoms with E-state index in [0.717, 1.165) is 11.6 Å². The molecule has 2 aromatic heterocycles. The molecule has 0 bridgehead atoms. The zero-order chi connectivity index (χ0) is 18.2. The van der Waals surface area contributed by atoms with Crippen LogP contribution in [-0.4, -0.2) is 20.0 Å². The molecule has 3 aromatic rings. The van der Waals surface area contributed by atoms with Crippen LogP contribution in [0.3, 0.4) is 0 Å². The number of benzene rings is 1. The van der Waals surface area contributed by atoms with Gasteiger partial charge >= 0.3 is 6.18 Å². The van der Waals surface area contributed by atoms with Gasteiger partial charge in [0.1, 0.15) is 16.8 Å². The van der Waals surface area contributed by atoms with Crippen molar-refractivity contribution in [3.8, 4) is 11.6 Å². The summed E-state index contributed by atoms with van der Waals surface area (Å²) < 4.78 is 46.2. The zero-order valence-corrected chi connectivity index (χ0v) is 14.0. The van der Waals surface area contributed by atoms with Crippen molar-refractivity contribution in [2.24, 2.45) is 5.41 Å². The van der Waals surface area contributed by atoms with Crippen molar-refractivity contribution < 1.29 is 17.9 Å². The summed E-state index contributed by atoms with van der Waals surface area (Å²) in [5.41, 5.74) is 0.433. The van der Waals surface area contributed by atoms with Gasteiger partial charge in [-0.1, -0.05) is 26.0 Å². The monoisotopic (exact) mass is 350 g/mol. The topological polar surface area (TPSA) is 52.8 Å². The summed E-state index contributed by atoms with van der Waals surface area (Å²) in [6, 6.07) is 7.01. The van der Waals surface area contributed by atoms with Crippen LogP contribution >= 0.6 is 0 Å². The van der Waals surface area contributed by atoms with E-state index in [1.807, 2.05) is 0 Å². The van der Waals surface area contributed by atoms with E-state index in [-0.39, 0.29) is 11.2 Å². The Hall–Kier alpha value is -2.64.